The average molecular weight is 500 g/mol. The number of aliphatic imine (C=N–C) groups is 1. The van der Waals surface area contributed by atoms with E-state index in [2.05, 4.69) is 52.1 Å². The first-order chi connectivity index (χ1) is 13.3. The first-order valence-electron chi connectivity index (χ1n) is 10.0. The molecule has 0 amide bonds. The molecule has 0 saturated carbocycles. The molecule has 0 aromatic carbocycles. The highest BCUT2D eigenvalue weighted by Crippen LogP contribution is 2.10. The third-order valence-corrected chi connectivity index (χ3v) is 4.75. The average Bonchev–Trinajstić information content (AvgIpc) is 3.10. The minimum atomic E-state index is 0. The van der Waals surface area contributed by atoms with E-state index in [4.69, 9.17) is 14.7 Å². The van der Waals surface area contributed by atoms with Crippen molar-refractivity contribution in [1.29, 1.82) is 0 Å². The van der Waals surface area contributed by atoms with Crippen LogP contribution in [0.1, 0.15) is 24.6 Å². The van der Waals surface area contributed by atoms with Gasteiger partial charge in [-0.15, -0.1) is 24.0 Å². The zero-order valence-corrected chi connectivity index (χ0v) is 19.3. The van der Waals surface area contributed by atoms with Gasteiger partial charge in [0.25, 0.3) is 0 Å². The largest absolute Gasteiger partial charge is 0.379 e. The first-order valence-corrected chi connectivity index (χ1v) is 10.0. The van der Waals surface area contributed by atoms with Crippen LogP contribution in [0.5, 0.6) is 0 Å². The second-order valence-corrected chi connectivity index (χ2v) is 6.90. The Morgan fingerprint density at radius 2 is 2.11 bits per heavy atom. The van der Waals surface area contributed by atoms with E-state index in [0.717, 1.165) is 82.6 Å². The van der Waals surface area contributed by atoms with Crippen molar-refractivity contribution in [3.63, 3.8) is 0 Å². The summed E-state index contributed by atoms with van der Waals surface area (Å²) >= 11 is 0. The number of halogens is 1. The van der Waals surface area contributed by atoms with E-state index in [1.807, 2.05) is 6.20 Å². The van der Waals surface area contributed by atoms with Crippen LogP contribution in [-0.2, 0) is 11.2 Å². The Labute approximate surface area is 185 Å². The summed E-state index contributed by atoms with van der Waals surface area (Å²) < 4.78 is 7.48. The third-order valence-electron chi connectivity index (χ3n) is 4.75. The van der Waals surface area contributed by atoms with Gasteiger partial charge in [0, 0.05) is 58.1 Å². The predicted molar refractivity (Wildman–Crippen MR) is 125 cm³/mol. The minimum Gasteiger partial charge on any atom is -0.379 e. The van der Waals surface area contributed by atoms with Crippen LogP contribution in [0.4, 0.5) is 0 Å². The second-order valence-electron chi connectivity index (χ2n) is 6.90. The molecule has 8 heteroatoms. The Bertz CT molecular complexity index is 741. The number of hydrogen-bond acceptors (Lipinski definition) is 4. The molecule has 0 spiro atoms. The molecule has 0 unspecified atom stereocenters. The number of morpholine rings is 1. The molecule has 0 bridgehead atoms. The van der Waals surface area contributed by atoms with Crippen LogP contribution in [0.3, 0.4) is 0 Å². The molecule has 0 aliphatic carbocycles. The third kappa shape index (κ3) is 6.89. The minimum absolute atomic E-state index is 0. The zero-order chi connectivity index (χ0) is 18.9. The Kier molecular flexibility index (Phi) is 10.0. The normalized spacial score (nSPS) is 15.4. The number of fused-ring (bicyclic) bond motifs is 1. The fraction of sp³-hybridized carbons (Fsp3) is 0.600. The van der Waals surface area contributed by atoms with Gasteiger partial charge in [0.15, 0.2) is 5.96 Å². The van der Waals surface area contributed by atoms with Gasteiger partial charge in [-0.3, -0.25) is 9.89 Å². The second kappa shape index (κ2) is 12.2. The van der Waals surface area contributed by atoms with E-state index >= 15 is 0 Å². The maximum Gasteiger partial charge on any atom is 0.191 e. The van der Waals surface area contributed by atoms with Crippen LogP contribution in [0.25, 0.3) is 5.65 Å². The van der Waals surface area contributed by atoms with Gasteiger partial charge in [0.1, 0.15) is 5.65 Å². The van der Waals surface area contributed by atoms with Crippen LogP contribution in [0.2, 0.25) is 0 Å². The van der Waals surface area contributed by atoms with Crippen molar-refractivity contribution in [2.45, 2.75) is 26.7 Å². The van der Waals surface area contributed by atoms with Crippen molar-refractivity contribution in [1.82, 2.24) is 24.9 Å². The van der Waals surface area contributed by atoms with E-state index < -0.39 is 0 Å². The molecular formula is C20H33IN6O. The molecule has 2 aromatic heterocycles. The van der Waals surface area contributed by atoms with Gasteiger partial charge < -0.3 is 19.8 Å². The molecule has 1 saturated heterocycles. The fourth-order valence-corrected chi connectivity index (χ4v) is 3.29. The standard InChI is InChI=1S/C20H32N6O.HI/c1-3-21-20(22-8-5-10-25-12-14-27-15-13-25)23-9-7-18-16-26-11-4-6-17(2)19(26)24-18;/h4,6,11,16H,3,5,7-10,12-15H2,1-2H3,(H2,21,22,23);1H. The van der Waals surface area contributed by atoms with Crippen LogP contribution in [0.15, 0.2) is 29.5 Å². The lowest BCUT2D eigenvalue weighted by molar-refractivity contribution is 0.0377. The molecule has 156 valence electrons. The molecule has 1 aliphatic rings. The monoisotopic (exact) mass is 500 g/mol. The van der Waals surface area contributed by atoms with Crippen LogP contribution < -0.4 is 10.6 Å². The molecule has 2 aromatic rings. The summed E-state index contributed by atoms with van der Waals surface area (Å²) in [7, 11) is 0. The van der Waals surface area contributed by atoms with Crippen LogP contribution >= 0.6 is 24.0 Å². The van der Waals surface area contributed by atoms with Crippen molar-refractivity contribution < 1.29 is 4.74 Å². The summed E-state index contributed by atoms with van der Waals surface area (Å²) in [5, 5.41) is 6.75. The molecule has 0 atom stereocenters. The number of nitrogens with zero attached hydrogens (tertiary/aromatic N) is 4. The molecule has 1 fully saturated rings. The molecule has 28 heavy (non-hydrogen) atoms. The van der Waals surface area contributed by atoms with Gasteiger partial charge >= 0.3 is 0 Å². The summed E-state index contributed by atoms with van der Waals surface area (Å²) in [6.45, 7) is 11.6. The SMILES string of the molecule is CCNC(=NCCCN1CCOCC1)NCCc1cn2cccc(C)c2n1.I. The number of hydrogen-bond donors (Lipinski definition) is 2. The number of imidazole rings is 1. The highest BCUT2D eigenvalue weighted by atomic mass is 127. The van der Waals surface area contributed by atoms with Crippen LogP contribution in [0, 0.1) is 6.92 Å². The summed E-state index contributed by atoms with van der Waals surface area (Å²) in [6, 6.07) is 4.15. The van der Waals surface area contributed by atoms with Crippen LogP contribution in [-0.4, -0.2) is 72.7 Å². The zero-order valence-electron chi connectivity index (χ0n) is 17.0. The summed E-state index contributed by atoms with van der Waals surface area (Å²) in [4.78, 5) is 11.9. The number of pyridine rings is 1. The first kappa shape index (κ1) is 22.9. The lowest BCUT2D eigenvalue weighted by Gasteiger charge is -2.26. The van der Waals surface area contributed by atoms with E-state index in [9.17, 15) is 0 Å². The molecule has 3 heterocycles. The van der Waals surface area contributed by atoms with Crippen molar-refractivity contribution in [2.24, 2.45) is 4.99 Å². The smallest absolute Gasteiger partial charge is 0.191 e. The summed E-state index contributed by atoms with van der Waals surface area (Å²) in [6.07, 6.45) is 6.10. The maximum absolute atomic E-state index is 5.39. The number of rotatable bonds is 8. The molecule has 1 aliphatic heterocycles. The van der Waals surface area contributed by atoms with Gasteiger partial charge in [0.2, 0.25) is 0 Å². The van der Waals surface area contributed by atoms with Crippen molar-refractivity contribution in [3.05, 3.63) is 35.8 Å². The predicted octanol–water partition coefficient (Wildman–Crippen LogP) is 2.08. The summed E-state index contributed by atoms with van der Waals surface area (Å²) in [5.41, 5.74) is 3.34. The quantitative estimate of drug-likeness (QED) is 0.252. The fourth-order valence-electron chi connectivity index (χ4n) is 3.29. The Hall–Kier alpha value is -1.39. The number of ether oxygens (including phenoxy) is 1. The van der Waals surface area contributed by atoms with E-state index in [0.29, 0.717) is 0 Å². The number of aryl methyl sites for hydroxylation is 1. The van der Waals surface area contributed by atoms with Gasteiger partial charge in [-0.05, 0) is 31.9 Å². The van der Waals surface area contributed by atoms with Crippen molar-refractivity contribution in [3.8, 4) is 0 Å². The lowest BCUT2D eigenvalue weighted by atomic mass is 10.3. The Morgan fingerprint density at radius 1 is 1.29 bits per heavy atom. The highest BCUT2D eigenvalue weighted by molar-refractivity contribution is 14.0. The lowest BCUT2D eigenvalue weighted by Crippen LogP contribution is -2.39. The molecule has 0 radical (unpaired) electrons. The van der Waals surface area contributed by atoms with Gasteiger partial charge in [-0.2, -0.15) is 0 Å². The number of guanidine groups is 1. The molecule has 2 N–H and O–H groups in total. The number of aromatic nitrogens is 2. The van der Waals surface area contributed by atoms with Crippen molar-refractivity contribution in [2.75, 3.05) is 52.5 Å². The number of nitrogens with one attached hydrogen (secondary N) is 2. The van der Waals surface area contributed by atoms with Crippen molar-refractivity contribution >= 4 is 35.6 Å². The maximum atomic E-state index is 5.39. The molecule has 3 rings (SSSR count). The van der Waals surface area contributed by atoms with E-state index in [1.54, 1.807) is 0 Å². The molecule has 7 nitrogen and oxygen atoms in total. The van der Waals surface area contributed by atoms with E-state index in [-0.39, 0.29) is 24.0 Å². The Morgan fingerprint density at radius 3 is 2.86 bits per heavy atom. The molecular weight excluding hydrogens is 467 g/mol. The highest BCUT2D eigenvalue weighted by Gasteiger charge is 2.09. The van der Waals surface area contributed by atoms with Gasteiger partial charge in [0.05, 0.1) is 18.9 Å². The Balaban J connectivity index is 0.00000280. The van der Waals surface area contributed by atoms with E-state index in [1.165, 1.54) is 5.56 Å². The topological polar surface area (TPSA) is 66.2 Å². The van der Waals surface area contributed by atoms with Gasteiger partial charge in [-0.1, -0.05) is 6.07 Å². The summed E-state index contributed by atoms with van der Waals surface area (Å²) in [5.74, 6) is 0.888. The van der Waals surface area contributed by atoms with Gasteiger partial charge in [-0.25, -0.2) is 4.98 Å².